The number of nitriles is 2. The first-order chi connectivity index (χ1) is 9.06. The standard InChI is InChI=1S/C13H11N3O3/c14-7-9-4-5-11(6-10(9)8-15)16-12(17)2-1-3-13(18)19/h4-6H,1-3H2,(H,16,17)(H,18,19). The van der Waals surface area contributed by atoms with Crippen LogP contribution in [-0.2, 0) is 9.59 Å². The first kappa shape index (κ1) is 14.2. The second-order valence-corrected chi connectivity index (χ2v) is 3.78. The van der Waals surface area contributed by atoms with Gasteiger partial charge >= 0.3 is 5.97 Å². The van der Waals surface area contributed by atoms with Crippen LogP contribution in [0.1, 0.15) is 30.4 Å². The number of carboxylic acids is 1. The maximum atomic E-state index is 11.5. The topological polar surface area (TPSA) is 114 Å². The first-order valence-electron chi connectivity index (χ1n) is 5.52. The van der Waals surface area contributed by atoms with E-state index in [0.717, 1.165) is 0 Å². The molecule has 1 aromatic carbocycles. The van der Waals surface area contributed by atoms with Crippen LogP contribution in [0.5, 0.6) is 0 Å². The molecule has 96 valence electrons. The summed E-state index contributed by atoms with van der Waals surface area (Å²) in [4.78, 5) is 21.8. The molecule has 0 saturated carbocycles. The van der Waals surface area contributed by atoms with Crippen LogP contribution in [0.2, 0.25) is 0 Å². The number of hydrogen-bond donors (Lipinski definition) is 2. The maximum Gasteiger partial charge on any atom is 0.303 e. The van der Waals surface area contributed by atoms with Crippen molar-refractivity contribution in [2.45, 2.75) is 19.3 Å². The zero-order chi connectivity index (χ0) is 14.3. The zero-order valence-electron chi connectivity index (χ0n) is 10.0. The Labute approximate surface area is 109 Å². The van der Waals surface area contributed by atoms with Crippen LogP contribution in [0.25, 0.3) is 0 Å². The van der Waals surface area contributed by atoms with E-state index in [1.807, 2.05) is 12.1 Å². The lowest BCUT2D eigenvalue weighted by molar-refractivity contribution is -0.137. The van der Waals surface area contributed by atoms with Crippen LogP contribution in [0.3, 0.4) is 0 Å². The predicted molar refractivity (Wildman–Crippen MR) is 66.0 cm³/mol. The number of nitrogens with one attached hydrogen (secondary N) is 1. The van der Waals surface area contributed by atoms with Gasteiger partial charge in [-0.15, -0.1) is 0 Å². The summed E-state index contributed by atoms with van der Waals surface area (Å²) in [5.74, 6) is -1.27. The molecule has 19 heavy (non-hydrogen) atoms. The molecule has 1 aromatic rings. The van der Waals surface area contributed by atoms with Gasteiger partial charge in [0.15, 0.2) is 0 Å². The van der Waals surface area contributed by atoms with Gasteiger partial charge in [-0.3, -0.25) is 9.59 Å². The highest BCUT2D eigenvalue weighted by atomic mass is 16.4. The molecule has 0 fully saturated rings. The largest absolute Gasteiger partial charge is 0.481 e. The number of benzene rings is 1. The molecule has 0 unspecified atom stereocenters. The monoisotopic (exact) mass is 257 g/mol. The molecule has 0 heterocycles. The van der Waals surface area contributed by atoms with Crippen molar-refractivity contribution in [3.63, 3.8) is 0 Å². The Morgan fingerprint density at radius 3 is 2.42 bits per heavy atom. The SMILES string of the molecule is N#Cc1ccc(NC(=O)CCCC(=O)O)cc1C#N. The fraction of sp³-hybridized carbons (Fsp3) is 0.231. The predicted octanol–water partition coefficient (Wildman–Crippen LogP) is 1.62. The number of anilines is 1. The minimum atomic E-state index is -0.946. The highest BCUT2D eigenvalue weighted by Gasteiger charge is 2.07. The van der Waals surface area contributed by atoms with E-state index in [2.05, 4.69) is 5.32 Å². The Bertz CT molecular complexity index is 582. The Morgan fingerprint density at radius 1 is 1.16 bits per heavy atom. The quantitative estimate of drug-likeness (QED) is 0.831. The van der Waals surface area contributed by atoms with Crippen LogP contribution in [0.15, 0.2) is 18.2 Å². The molecule has 6 nitrogen and oxygen atoms in total. The summed E-state index contributed by atoms with van der Waals surface area (Å²) in [6, 6.07) is 8.12. The van der Waals surface area contributed by atoms with Crippen molar-refractivity contribution in [1.82, 2.24) is 0 Å². The third-order valence-corrected chi connectivity index (χ3v) is 2.34. The van der Waals surface area contributed by atoms with Crippen LogP contribution < -0.4 is 5.32 Å². The summed E-state index contributed by atoms with van der Waals surface area (Å²) < 4.78 is 0. The van der Waals surface area contributed by atoms with Crippen molar-refractivity contribution in [2.75, 3.05) is 5.32 Å². The van der Waals surface area contributed by atoms with Gasteiger partial charge in [-0.1, -0.05) is 0 Å². The molecule has 0 spiro atoms. The molecule has 1 rings (SSSR count). The lowest BCUT2D eigenvalue weighted by atomic mass is 10.1. The lowest BCUT2D eigenvalue weighted by Gasteiger charge is -2.05. The lowest BCUT2D eigenvalue weighted by Crippen LogP contribution is -2.12. The van der Waals surface area contributed by atoms with Gasteiger partial charge in [0.2, 0.25) is 5.91 Å². The number of carboxylic acid groups (broad SMARTS) is 1. The van der Waals surface area contributed by atoms with E-state index in [-0.39, 0.29) is 36.3 Å². The molecule has 1 amide bonds. The van der Waals surface area contributed by atoms with Crippen molar-refractivity contribution < 1.29 is 14.7 Å². The van der Waals surface area contributed by atoms with E-state index in [4.69, 9.17) is 15.6 Å². The summed E-state index contributed by atoms with van der Waals surface area (Å²) >= 11 is 0. The Kier molecular flexibility index (Phi) is 5.06. The second kappa shape index (κ2) is 6.77. The number of aliphatic carboxylic acids is 1. The molecule has 0 atom stereocenters. The van der Waals surface area contributed by atoms with Gasteiger partial charge in [-0.25, -0.2) is 0 Å². The van der Waals surface area contributed by atoms with Gasteiger partial charge in [-0.2, -0.15) is 10.5 Å². The zero-order valence-corrected chi connectivity index (χ0v) is 10.0. The summed E-state index contributed by atoms with van der Waals surface area (Å²) in [5, 5.41) is 28.6. The van der Waals surface area contributed by atoms with E-state index in [1.54, 1.807) is 0 Å². The highest BCUT2D eigenvalue weighted by molar-refractivity contribution is 5.91. The molecule has 0 aromatic heterocycles. The van der Waals surface area contributed by atoms with Crippen molar-refractivity contribution in [3.05, 3.63) is 29.3 Å². The molecular weight excluding hydrogens is 246 g/mol. The molecule has 2 N–H and O–H groups in total. The summed E-state index contributed by atoms with van der Waals surface area (Å²) in [5.41, 5.74) is 0.841. The number of nitrogens with zero attached hydrogens (tertiary/aromatic N) is 2. The van der Waals surface area contributed by atoms with Crippen LogP contribution in [0, 0.1) is 22.7 Å². The number of carbonyl (C=O) groups is 2. The van der Waals surface area contributed by atoms with Gasteiger partial charge in [0.05, 0.1) is 11.1 Å². The van der Waals surface area contributed by atoms with E-state index in [0.29, 0.717) is 5.69 Å². The molecule has 0 saturated heterocycles. The van der Waals surface area contributed by atoms with Gasteiger partial charge in [-0.05, 0) is 24.6 Å². The molecule has 0 radical (unpaired) electrons. The number of rotatable bonds is 5. The average Bonchev–Trinajstić information content (AvgIpc) is 2.38. The molecule has 0 aliphatic rings. The van der Waals surface area contributed by atoms with Crippen molar-refractivity contribution in [2.24, 2.45) is 0 Å². The van der Waals surface area contributed by atoms with Crippen LogP contribution in [0.4, 0.5) is 5.69 Å². The highest BCUT2D eigenvalue weighted by Crippen LogP contribution is 2.15. The second-order valence-electron chi connectivity index (χ2n) is 3.78. The Morgan fingerprint density at radius 2 is 1.84 bits per heavy atom. The summed E-state index contributed by atoms with van der Waals surface area (Å²) in [7, 11) is 0. The Hall–Kier alpha value is -2.86. The van der Waals surface area contributed by atoms with Crippen molar-refractivity contribution in [1.29, 1.82) is 10.5 Å². The van der Waals surface area contributed by atoms with Gasteiger partial charge < -0.3 is 10.4 Å². The third-order valence-electron chi connectivity index (χ3n) is 2.34. The van der Waals surface area contributed by atoms with Gasteiger partial charge in [0.25, 0.3) is 0 Å². The van der Waals surface area contributed by atoms with Crippen LogP contribution >= 0.6 is 0 Å². The number of carbonyl (C=O) groups excluding carboxylic acids is 1. The molecule has 0 aliphatic carbocycles. The van der Waals surface area contributed by atoms with Gasteiger partial charge in [0, 0.05) is 18.5 Å². The first-order valence-corrected chi connectivity index (χ1v) is 5.52. The molecule has 0 bridgehead atoms. The van der Waals surface area contributed by atoms with E-state index in [1.165, 1.54) is 18.2 Å². The van der Waals surface area contributed by atoms with Crippen LogP contribution in [-0.4, -0.2) is 17.0 Å². The maximum absolute atomic E-state index is 11.5. The Balaban J connectivity index is 2.63. The number of hydrogen-bond acceptors (Lipinski definition) is 4. The van der Waals surface area contributed by atoms with E-state index in [9.17, 15) is 9.59 Å². The smallest absolute Gasteiger partial charge is 0.303 e. The van der Waals surface area contributed by atoms with E-state index < -0.39 is 5.97 Å². The summed E-state index contributed by atoms with van der Waals surface area (Å²) in [6.07, 6.45) is 0.279. The normalized spacial score (nSPS) is 9.16. The molecule has 6 heteroatoms. The average molecular weight is 257 g/mol. The van der Waals surface area contributed by atoms with Crippen molar-refractivity contribution >= 4 is 17.6 Å². The van der Waals surface area contributed by atoms with Gasteiger partial charge in [0.1, 0.15) is 12.1 Å². The minimum Gasteiger partial charge on any atom is -0.481 e. The summed E-state index contributed by atoms with van der Waals surface area (Å²) in [6.45, 7) is 0. The minimum absolute atomic E-state index is 0.0652. The molecular formula is C13H11N3O3. The molecule has 0 aliphatic heterocycles. The fourth-order valence-electron chi connectivity index (χ4n) is 1.44. The third kappa shape index (κ3) is 4.49. The van der Waals surface area contributed by atoms with Crippen molar-refractivity contribution in [3.8, 4) is 12.1 Å². The fourth-order valence-corrected chi connectivity index (χ4v) is 1.44. The number of amides is 1. The van der Waals surface area contributed by atoms with E-state index >= 15 is 0 Å².